The second kappa shape index (κ2) is 11.2. The number of rotatable bonds is 7. The molecule has 2 aliphatic rings. The van der Waals surface area contributed by atoms with Gasteiger partial charge in [-0.2, -0.15) is 5.26 Å². The van der Waals surface area contributed by atoms with Crippen molar-refractivity contribution in [2.24, 2.45) is 11.8 Å². The molecule has 0 spiro atoms. The van der Waals surface area contributed by atoms with Gasteiger partial charge in [0.15, 0.2) is 0 Å². The Morgan fingerprint density at radius 2 is 1.68 bits per heavy atom. The maximum Gasteiger partial charge on any atom is 0.0912 e. The molecule has 150 valence electrons. The highest BCUT2D eigenvalue weighted by Gasteiger charge is 2.25. The standard InChI is InChI=1S/C26H35NO/c1-2-21-11-13-24(14-12-21)25-15-17-26(18-16-25)28-20-23-9-7-22(8-10-23)6-4-3-5-19-27/h3-6,11-14,22-23,25-26H,2,7-10,15-18,20H2,1H3. The summed E-state index contributed by atoms with van der Waals surface area (Å²) in [6, 6.07) is 11.3. The van der Waals surface area contributed by atoms with E-state index >= 15 is 0 Å². The van der Waals surface area contributed by atoms with E-state index in [1.807, 2.05) is 18.2 Å². The van der Waals surface area contributed by atoms with Gasteiger partial charge in [-0.25, -0.2) is 0 Å². The predicted molar refractivity (Wildman–Crippen MR) is 116 cm³/mol. The van der Waals surface area contributed by atoms with E-state index in [9.17, 15) is 0 Å². The molecule has 1 aromatic carbocycles. The maximum absolute atomic E-state index is 8.51. The molecule has 2 nitrogen and oxygen atoms in total. The van der Waals surface area contributed by atoms with Gasteiger partial charge in [-0.15, -0.1) is 0 Å². The predicted octanol–water partition coefficient (Wildman–Crippen LogP) is 6.73. The molecule has 2 aliphatic carbocycles. The molecule has 2 saturated carbocycles. The van der Waals surface area contributed by atoms with Gasteiger partial charge < -0.3 is 4.74 Å². The summed E-state index contributed by atoms with van der Waals surface area (Å²) in [6.45, 7) is 3.17. The first-order valence-electron chi connectivity index (χ1n) is 11.2. The van der Waals surface area contributed by atoms with Crippen LogP contribution in [0.5, 0.6) is 0 Å². The highest BCUT2D eigenvalue weighted by atomic mass is 16.5. The van der Waals surface area contributed by atoms with Crippen molar-refractivity contribution < 1.29 is 4.74 Å². The van der Waals surface area contributed by atoms with E-state index in [0.717, 1.165) is 24.9 Å². The largest absolute Gasteiger partial charge is 0.378 e. The molecular formula is C26H35NO. The molecule has 0 unspecified atom stereocenters. The van der Waals surface area contributed by atoms with E-state index in [-0.39, 0.29) is 0 Å². The zero-order valence-corrected chi connectivity index (χ0v) is 17.4. The molecule has 1 aromatic rings. The monoisotopic (exact) mass is 377 g/mol. The van der Waals surface area contributed by atoms with Crippen molar-refractivity contribution in [3.63, 3.8) is 0 Å². The highest BCUT2D eigenvalue weighted by molar-refractivity contribution is 5.25. The van der Waals surface area contributed by atoms with E-state index in [4.69, 9.17) is 10.00 Å². The first-order valence-corrected chi connectivity index (χ1v) is 11.2. The Kier molecular flexibility index (Phi) is 8.37. The molecule has 0 radical (unpaired) electrons. The van der Waals surface area contributed by atoms with E-state index in [2.05, 4.69) is 37.3 Å². The van der Waals surface area contributed by atoms with Crippen LogP contribution in [-0.4, -0.2) is 12.7 Å². The third kappa shape index (κ3) is 6.35. The molecule has 3 rings (SSSR count). The minimum Gasteiger partial charge on any atom is -0.378 e. The van der Waals surface area contributed by atoms with Crippen molar-refractivity contribution in [1.82, 2.24) is 0 Å². The van der Waals surface area contributed by atoms with Crippen LogP contribution in [0.1, 0.15) is 75.3 Å². The average molecular weight is 378 g/mol. The number of benzene rings is 1. The van der Waals surface area contributed by atoms with Crippen LogP contribution >= 0.6 is 0 Å². The molecule has 0 aromatic heterocycles. The van der Waals surface area contributed by atoms with Gasteiger partial charge in [0, 0.05) is 12.7 Å². The summed E-state index contributed by atoms with van der Waals surface area (Å²) in [5.41, 5.74) is 2.95. The van der Waals surface area contributed by atoms with Gasteiger partial charge in [0.05, 0.1) is 12.2 Å². The Balaban J connectivity index is 1.33. The summed E-state index contributed by atoms with van der Waals surface area (Å²) in [5.74, 6) is 2.14. The fourth-order valence-electron chi connectivity index (χ4n) is 4.73. The second-order valence-electron chi connectivity index (χ2n) is 8.56. The lowest BCUT2D eigenvalue weighted by Gasteiger charge is -2.32. The van der Waals surface area contributed by atoms with Crippen LogP contribution in [0.3, 0.4) is 0 Å². The lowest BCUT2D eigenvalue weighted by atomic mass is 9.81. The van der Waals surface area contributed by atoms with E-state index in [0.29, 0.717) is 12.0 Å². The van der Waals surface area contributed by atoms with Crippen molar-refractivity contribution in [3.05, 3.63) is 59.7 Å². The van der Waals surface area contributed by atoms with Gasteiger partial charge >= 0.3 is 0 Å². The Morgan fingerprint density at radius 1 is 0.964 bits per heavy atom. The Bertz CT molecular complexity index is 665. The summed E-state index contributed by atoms with van der Waals surface area (Å²) >= 11 is 0. The quantitative estimate of drug-likeness (QED) is 0.389. The molecule has 0 saturated heterocycles. The maximum atomic E-state index is 8.51. The molecule has 0 N–H and O–H groups in total. The zero-order chi connectivity index (χ0) is 19.6. The minimum absolute atomic E-state index is 0.472. The van der Waals surface area contributed by atoms with Crippen LogP contribution < -0.4 is 0 Å². The number of hydrogen-bond acceptors (Lipinski definition) is 2. The second-order valence-corrected chi connectivity index (χ2v) is 8.56. The SMILES string of the molecule is CCc1ccc(C2CCC(OCC3CCC(C=CC=CC#N)CC3)CC2)cc1. The third-order valence-corrected chi connectivity index (χ3v) is 6.66. The number of ether oxygens (including phenoxy) is 1. The normalized spacial score (nSPS) is 28.6. The van der Waals surface area contributed by atoms with E-state index in [1.165, 1.54) is 68.6 Å². The molecule has 2 fully saturated rings. The molecule has 0 atom stereocenters. The molecule has 28 heavy (non-hydrogen) atoms. The van der Waals surface area contributed by atoms with Gasteiger partial charge in [0.25, 0.3) is 0 Å². The van der Waals surface area contributed by atoms with Crippen molar-refractivity contribution in [3.8, 4) is 6.07 Å². The third-order valence-electron chi connectivity index (χ3n) is 6.66. The summed E-state index contributed by atoms with van der Waals surface area (Å²) < 4.78 is 6.33. The van der Waals surface area contributed by atoms with Gasteiger partial charge in [-0.3, -0.25) is 0 Å². The smallest absolute Gasteiger partial charge is 0.0912 e. The van der Waals surface area contributed by atoms with Crippen LogP contribution in [0.15, 0.2) is 48.6 Å². The summed E-state index contributed by atoms with van der Waals surface area (Å²) in [4.78, 5) is 0. The number of hydrogen-bond donors (Lipinski definition) is 0. The first kappa shape index (κ1) is 20.9. The van der Waals surface area contributed by atoms with Crippen LogP contribution in [0.25, 0.3) is 0 Å². The topological polar surface area (TPSA) is 33.0 Å². The van der Waals surface area contributed by atoms with Gasteiger partial charge in [-0.1, -0.05) is 49.4 Å². The Labute approximate surface area is 171 Å². The fraction of sp³-hybridized carbons (Fsp3) is 0.577. The molecule has 0 aliphatic heterocycles. The van der Waals surface area contributed by atoms with Crippen LogP contribution in [-0.2, 0) is 11.2 Å². The average Bonchev–Trinajstić information content (AvgIpc) is 2.76. The Morgan fingerprint density at radius 3 is 2.32 bits per heavy atom. The van der Waals surface area contributed by atoms with Gasteiger partial charge in [-0.05, 0) is 86.7 Å². The summed E-state index contributed by atoms with van der Waals surface area (Å²) in [7, 11) is 0. The van der Waals surface area contributed by atoms with Crippen molar-refractivity contribution in [2.45, 2.75) is 76.7 Å². The fourth-order valence-corrected chi connectivity index (χ4v) is 4.73. The summed E-state index contributed by atoms with van der Waals surface area (Å²) in [5, 5.41) is 8.51. The highest BCUT2D eigenvalue weighted by Crippen LogP contribution is 2.35. The van der Waals surface area contributed by atoms with Crippen molar-refractivity contribution >= 4 is 0 Å². The summed E-state index contributed by atoms with van der Waals surface area (Å²) in [6.07, 6.45) is 19.3. The van der Waals surface area contributed by atoms with E-state index < -0.39 is 0 Å². The number of allylic oxidation sites excluding steroid dienone is 4. The van der Waals surface area contributed by atoms with Crippen molar-refractivity contribution in [1.29, 1.82) is 5.26 Å². The van der Waals surface area contributed by atoms with E-state index in [1.54, 1.807) is 0 Å². The molecule has 0 bridgehead atoms. The van der Waals surface area contributed by atoms with Crippen LogP contribution in [0.2, 0.25) is 0 Å². The van der Waals surface area contributed by atoms with Gasteiger partial charge in [0.1, 0.15) is 0 Å². The molecule has 0 heterocycles. The number of nitrogens with zero attached hydrogens (tertiary/aromatic N) is 1. The molecular weight excluding hydrogens is 342 g/mol. The lowest BCUT2D eigenvalue weighted by Crippen LogP contribution is -2.25. The minimum atomic E-state index is 0.472. The lowest BCUT2D eigenvalue weighted by molar-refractivity contribution is -0.00337. The zero-order valence-electron chi connectivity index (χ0n) is 17.4. The van der Waals surface area contributed by atoms with Crippen LogP contribution in [0.4, 0.5) is 0 Å². The number of nitriles is 1. The molecule has 0 amide bonds. The number of aryl methyl sites for hydroxylation is 1. The molecule has 2 heteroatoms. The Hall–Kier alpha value is -1.85. The van der Waals surface area contributed by atoms with Gasteiger partial charge in [0.2, 0.25) is 0 Å². The first-order chi connectivity index (χ1) is 13.8. The van der Waals surface area contributed by atoms with Crippen LogP contribution in [0, 0.1) is 23.2 Å². The van der Waals surface area contributed by atoms with Crippen molar-refractivity contribution in [2.75, 3.05) is 6.61 Å².